The molecule has 2 aromatic carbocycles. The van der Waals surface area contributed by atoms with Crippen molar-refractivity contribution in [3.63, 3.8) is 0 Å². The summed E-state index contributed by atoms with van der Waals surface area (Å²) in [5.41, 5.74) is 0.794. The van der Waals surface area contributed by atoms with E-state index in [0.29, 0.717) is 38.4 Å². The average molecular weight is 459 g/mol. The fourth-order valence-corrected chi connectivity index (χ4v) is 3.94. The maximum atomic E-state index is 13.9. The minimum absolute atomic E-state index is 0.159. The van der Waals surface area contributed by atoms with E-state index < -0.39 is 23.5 Å². The van der Waals surface area contributed by atoms with Crippen LogP contribution in [0.5, 0.6) is 0 Å². The number of carbonyl (C=O) groups excluding carboxylic acids is 3. The van der Waals surface area contributed by atoms with Gasteiger partial charge in [-0.15, -0.1) is 0 Å². The van der Waals surface area contributed by atoms with Crippen molar-refractivity contribution in [2.75, 3.05) is 26.2 Å². The topological polar surface area (TPSA) is 75.7 Å². The van der Waals surface area contributed by atoms with E-state index in [1.54, 1.807) is 6.92 Å². The van der Waals surface area contributed by atoms with Crippen molar-refractivity contribution in [2.24, 2.45) is 11.8 Å². The number of halogens is 2. The molecule has 176 valence electrons. The van der Waals surface area contributed by atoms with Crippen LogP contribution in [0.15, 0.2) is 48.5 Å². The van der Waals surface area contributed by atoms with Gasteiger partial charge in [0, 0.05) is 31.6 Å². The summed E-state index contributed by atoms with van der Waals surface area (Å²) in [4.78, 5) is 39.1. The van der Waals surface area contributed by atoms with Crippen molar-refractivity contribution >= 4 is 17.8 Å². The van der Waals surface area contributed by atoms with Crippen molar-refractivity contribution in [3.05, 3.63) is 71.3 Å². The highest BCUT2D eigenvalue weighted by Crippen LogP contribution is 2.21. The number of piperidine rings is 1. The predicted molar refractivity (Wildman–Crippen MR) is 118 cm³/mol. The van der Waals surface area contributed by atoms with E-state index in [0.717, 1.165) is 17.7 Å². The van der Waals surface area contributed by atoms with Gasteiger partial charge in [-0.1, -0.05) is 30.3 Å². The molecular formula is C25H28F2N2O4. The molecule has 33 heavy (non-hydrogen) atoms. The van der Waals surface area contributed by atoms with E-state index in [1.807, 2.05) is 30.3 Å². The third kappa shape index (κ3) is 6.60. The fraction of sp³-hybridized carbons (Fsp3) is 0.400. The average Bonchev–Trinajstić information content (AvgIpc) is 2.82. The Kier molecular flexibility index (Phi) is 8.52. The lowest BCUT2D eigenvalue weighted by Gasteiger charge is -2.31. The van der Waals surface area contributed by atoms with Crippen LogP contribution in [0.4, 0.5) is 8.78 Å². The summed E-state index contributed by atoms with van der Waals surface area (Å²) in [5, 5.41) is 2.86. The first-order valence-electron chi connectivity index (χ1n) is 11.1. The van der Waals surface area contributed by atoms with Crippen LogP contribution < -0.4 is 5.32 Å². The van der Waals surface area contributed by atoms with Crippen molar-refractivity contribution in [3.8, 4) is 0 Å². The number of rotatable bonds is 8. The fourth-order valence-electron chi connectivity index (χ4n) is 3.94. The summed E-state index contributed by atoms with van der Waals surface area (Å²) in [6.07, 6.45) is 1.29. The number of ether oxygens (including phenoxy) is 1. The first-order chi connectivity index (χ1) is 15.9. The maximum absolute atomic E-state index is 13.9. The molecule has 0 saturated carbocycles. The molecule has 1 aliphatic heterocycles. The molecule has 2 amide bonds. The minimum Gasteiger partial charge on any atom is -0.466 e. The highest BCUT2D eigenvalue weighted by molar-refractivity contribution is 5.94. The number of nitrogens with one attached hydrogen (secondary N) is 1. The number of esters is 1. The van der Waals surface area contributed by atoms with Gasteiger partial charge >= 0.3 is 5.97 Å². The monoisotopic (exact) mass is 458 g/mol. The second-order valence-electron chi connectivity index (χ2n) is 8.07. The second kappa shape index (κ2) is 11.5. The Hall–Kier alpha value is -3.29. The summed E-state index contributed by atoms with van der Waals surface area (Å²) in [6.45, 7) is 2.74. The van der Waals surface area contributed by atoms with Gasteiger partial charge in [-0.3, -0.25) is 14.4 Å². The van der Waals surface area contributed by atoms with Crippen molar-refractivity contribution < 1.29 is 27.9 Å². The van der Waals surface area contributed by atoms with Crippen LogP contribution in [0.25, 0.3) is 0 Å². The standard InChI is InChI=1S/C25H28F2N2O4/c1-2-33-25(32)19(14-17-6-4-3-5-7-17)16-28-23(30)18-10-12-29(13-11-18)24(31)21-9-8-20(26)15-22(21)27/h3-9,15,18-19H,2,10-14,16H2,1H3,(H,28,30)/t19-/m0/s1. The Morgan fingerprint density at radius 1 is 1.09 bits per heavy atom. The molecule has 1 saturated heterocycles. The molecule has 2 aromatic rings. The van der Waals surface area contributed by atoms with E-state index in [4.69, 9.17) is 4.74 Å². The molecule has 3 rings (SSSR count). The Labute approximate surface area is 191 Å². The van der Waals surface area contributed by atoms with E-state index in [1.165, 1.54) is 4.90 Å². The number of benzene rings is 2. The quantitative estimate of drug-likeness (QED) is 0.616. The van der Waals surface area contributed by atoms with Gasteiger partial charge < -0.3 is 15.0 Å². The predicted octanol–water partition coefficient (Wildman–Crippen LogP) is 3.36. The van der Waals surface area contributed by atoms with Gasteiger partial charge in [0.15, 0.2) is 0 Å². The highest BCUT2D eigenvalue weighted by atomic mass is 19.1. The van der Waals surface area contributed by atoms with Crippen LogP contribution >= 0.6 is 0 Å². The summed E-state index contributed by atoms with van der Waals surface area (Å²) in [5.74, 6) is -3.51. The van der Waals surface area contributed by atoms with Crippen LogP contribution in [0.2, 0.25) is 0 Å². The van der Waals surface area contributed by atoms with Gasteiger partial charge in [-0.2, -0.15) is 0 Å². The third-order valence-corrected chi connectivity index (χ3v) is 5.78. The van der Waals surface area contributed by atoms with Crippen molar-refractivity contribution in [1.82, 2.24) is 10.2 Å². The molecule has 0 spiro atoms. The lowest BCUT2D eigenvalue weighted by Crippen LogP contribution is -2.44. The van der Waals surface area contributed by atoms with E-state index in [9.17, 15) is 23.2 Å². The molecule has 8 heteroatoms. The summed E-state index contributed by atoms with van der Waals surface area (Å²) in [6, 6.07) is 12.4. The van der Waals surface area contributed by atoms with Gasteiger partial charge in [-0.25, -0.2) is 8.78 Å². The first-order valence-corrected chi connectivity index (χ1v) is 11.1. The van der Waals surface area contributed by atoms with Crippen molar-refractivity contribution in [1.29, 1.82) is 0 Å². The lowest BCUT2D eigenvalue weighted by atomic mass is 9.94. The zero-order valence-electron chi connectivity index (χ0n) is 18.6. The zero-order chi connectivity index (χ0) is 23.8. The van der Waals surface area contributed by atoms with Gasteiger partial charge in [0.25, 0.3) is 5.91 Å². The van der Waals surface area contributed by atoms with Crippen LogP contribution in [0, 0.1) is 23.5 Å². The number of carbonyl (C=O) groups is 3. The van der Waals surface area contributed by atoms with Gasteiger partial charge in [0.2, 0.25) is 5.91 Å². The largest absolute Gasteiger partial charge is 0.466 e. The van der Waals surface area contributed by atoms with Gasteiger partial charge in [0.05, 0.1) is 18.1 Å². The normalized spacial score (nSPS) is 15.1. The van der Waals surface area contributed by atoms with E-state index >= 15 is 0 Å². The first kappa shape index (κ1) is 24.4. The number of nitrogens with zero attached hydrogens (tertiary/aromatic N) is 1. The number of amides is 2. The number of hydrogen-bond acceptors (Lipinski definition) is 4. The van der Waals surface area contributed by atoms with Crippen LogP contribution in [-0.2, 0) is 20.7 Å². The molecule has 1 fully saturated rings. The summed E-state index contributed by atoms with van der Waals surface area (Å²) < 4.78 is 32.2. The Bertz CT molecular complexity index is 976. The smallest absolute Gasteiger partial charge is 0.311 e. The molecule has 0 radical (unpaired) electrons. The molecule has 0 bridgehead atoms. The van der Waals surface area contributed by atoms with E-state index in [2.05, 4.69) is 5.32 Å². The molecule has 0 unspecified atom stereocenters. The zero-order valence-corrected chi connectivity index (χ0v) is 18.6. The lowest BCUT2D eigenvalue weighted by molar-refractivity contribution is -0.148. The van der Waals surface area contributed by atoms with Crippen LogP contribution in [0.3, 0.4) is 0 Å². The molecular weight excluding hydrogens is 430 g/mol. The molecule has 1 aliphatic rings. The molecule has 0 aromatic heterocycles. The molecule has 1 N–H and O–H groups in total. The highest BCUT2D eigenvalue weighted by Gasteiger charge is 2.30. The Morgan fingerprint density at radius 3 is 2.42 bits per heavy atom. The second-order valence-corrected chi connectivity index (χ2v) is 8.07. The van der Waals surface area contributed by atoms with Gasteiger partial charge in [0.1, 0.15) is 11.6 Å². The SMILES string of the molecule is CCOC(=O)[C@H](CNC(=O)C1CCN(C(=O)c2ccc(F)cc2F)CC1)Cc1ccccc1. The Balaban J connectivity index is 1.53. The summed E-state index contributed by atoms with van der Waals surface area (Å²) >= 11 is 0. The maximum Gasteiger partial charge on any atom is 0.311 e. The molecule has 1 heterocycles. The van der Waals surface area contributed by atoms with Crippen LogP contribution in [-0.4, -0.2) is 48.9 Å². The Morgan fingerprint density at radius 2 is 1.79 bits per heavy atom. The number of hydrogen-bond donors (Lipinski definition) is 1. The minimum atomic E-state index is -0.900. The molecule has 1 atom stereocenters. The third-order valence-electron chi connectivity index (χ3n) is 5.78. The van der Waals surface area contributed by atoms with Crippen LogP contribution in [0.1, 0.15) is 35.7 Å². The molecule has 6 nitrogen and oxygen atoms in total. The number of likely N-dealkylation sites (tertiary alicyclic amines) is 1. The van der Waals surface area contributed by atoms with Crippen molar-refractivity contribution in [2.45, 2.75) is 26.2 Å². The molecule has 0 aliphatic carbocycles. The van der Waals surface area contributed by atoms with Gasteiger partial charge in [-0.05, 0) is 43.9 Å². The van der Waals surface area contributed by atoms with E-state index in [-0.39, 0.29) is 36.5 Å². The summed E-state index contributed by atoms with van der Waals surface area (Å²) in [7, 11) is 0.